The number of nitrogens with two attached hydrogens (primary N) is 1. The van der Waals surface area contributed by atoms with Gasteiger partial charge in [-0.1, -0.05) is 55.3 Å². The first-order valence-electron chi connectivity index (χ1n) is 7.09. The van der Waals surface area contributed by atoms with Gasteiger partial charge in [-0.15, -0.1) is 0 Å². The maximum Gasteiger partial charge on any atom is 0.0439 e. The molecule has 1 unspecified atom stereocenters. The van der Waals surface area contributed by atoms with Gasteiger partial charge in [0.05, 0.1) is 0 Å². The zero-order valence-corrected chi connectivity index (χ0v) is 12.7. The molecule has 19 heavy (non-hydrogen) atoms. The second-order valence-corrected chi connectivity index (χ2v) is 6.39. The third-order valence-corrected chi connectivity index (χ3v) is 4.66. The highest BCUT2D eigenvalue weighted by atomic mass is 35.5. The molecule has 0 bridgehead atoms. The van der Waals surface area contributed by atoms with Crippen LogP contribution >= 0.6 is 23.2 Å². The number of hydrogen-bond donors (Lipinski definition) is 2. The lowest BCUT2D eigenvalue weighted by molar-refractivity contribution is 0.298. The summed E-state index contributed by atoms with van der Waals surface area (Å²) in [5, 5.41) is 1.50. The summed E-state index contributed by atoms with van der Waals surface area (Å²) in [6, 6.07) is 5.89. The molecule has 0 saturated heterocycles. The molecule has 1 aliphatic carbocycles. The van der Waals surface area contributed by atoms with E-state index in [0.29, 0.717) is 0 Å². The molecule has 4 heteroatoms. The molecule has 1 aromatic carbocycles. The highest BCUT2D eigenvalue weighted by molar-refractivity contribution is 6.33. The van der Waals surface area contributed by atoms with E-state index in [1.165, 1.54) is 32.1 Å². The molecule has 3 N–H and O–H groups in total. The summed E-state index contributed by atoms with van der Waals surface area (Å²) in [7, 11) is 0. The number of rotatable bonds is 5. The lowest BCUT2D eigenvalue weighted by Gasteiger charge is -2.26. The Balaban J connectivity index is 1.95. The molecular weight excluding hydrogens is 279 g/mol. The molecular formula is C15H22Cl2N2. The Morgan fingerprint density at radius 1 is 1.21 bits per heavy atom. The van der Waals surface area contributed by atoms with Crippen molar-refractivity contribution >= 4 is 23.2 Å². The molecule has 0 aliphatic heterocycles. The monoisotopic (exact) mass is 300 g/mol. The Morgan fingerprint density at radius 3 is 2.63 bits per heavy atom. The largest absolute Gasteiger partial charge is 0.271 e. The fourth-order valence-electron chi connectivity index (χ4n) is 3.00. The van der Waals surface area contributed by atoms with Gasteiger partial charge in [-0.25, -0.2) is 0 Å². The molecule has 0 amide bonds. The molecule has 2 nitrogen and oxygen atoms in total. The molecule has 0 heterocycles. The van der Waals surface area contributed by atoms with Crippen molar-refractivity contribution in [2.45, 2.75) is 51.0 Å². The smallest absolute Gasteiger partial charge is 0.0439 e. The van der Waals surface area contributed by atoms with Crippen LogP contribution in [0.25, 0.3) is 0 Å². The normalized spacial score (nSPS) is 18.5. The van der Waals surface area contributed by atoms with Crippen molar-refractivity contribution in [3.63, 3.8) is 0 Å². The number of halogens is 2. The number of hydrazine groups is 1. The van der Waals surface area contributed by atoms with E-state index in [4.69, 9.17) is 29.0 Å². The van der Waals surface area contributed by atoms with Gasteiger partial charge in [0.2, 0.25) is 0 Å². The van der Waals surface area contributed by atoms with Crippen LogP contribution in [-0.2, 0) is 6.42 Å². The molecule has 1 aliphatic rings. The minimum Gasteiger partial charge on any atom is -0.271 e. The molecule has 1 saturated carbocycles. The number of benzene rings is 1. The van der Waals surface area contributed by atoms with Crippen LogP contribution in [0.4, 0.5) is 0 Å². The fraction of sp³-hybridized carbons (Fsp3) is 0.600. The SMILES string of the molecule is NNC(Cc1cc(Cl)ccc1Cl)CC1CCCCC1. The first-order chi connectivity index (χ1) is 9.19. The Bertz CT molecular complexity index is 403. The van der Waals surface area contributed by atoms with E-state index in [-0.39, 0.29) is 6.04 Å². The van der Waals surface area contributed by atoms with Crippen molar-refractivity contribution in [1.29, 1.82) is 0 Å². The van der Waals surface area contributed by atoms with E-state index >= 15 is 0 Å². The molecule has 0 spiro atoms. The number of hydrogen-bond acceptors (Lipinski definition) is 2. The van der Waals surface area contributed by atoms with E-state index in [1.807, 2.05) is 18.2 Å². The second kappa shape index (κ2) is 7.49. The van der Waals surface area contributed by atoms with Crippen molar-refractivity contribution in [1.82, 2.24) is 5.43 Å². The summed E-state index contributed by atoms with van der Waals surface area (Å²) >= 11 is 12.2. The summed E-state index contributed by atoms with van der Waals surface area (Å²) in [6.07, 6.45) is 8.74. The summed E-state index contributed by atoms with van der Waals surface area (Å²) in [5.41, 5.74) is 4.02. The summed E-state index contributed by atoms with van der Waals surface area (Å²) in [4.78, 5) is 0. The predicted molar refractivity (Wildman–Crippen MR) is 82.5 cm³/mol. The maximum absolute atomic E-state index is 6.21. The Kier molecular flexibility index (Phi) is 5.96. The molecule has 1 atom stereocenters. The van der Waals surface area contributed by atoms with Crippen molar-refractivity contribution in [2.75, 3.05) is 0 Å². The van der Waals surface area contributed by atoms with Crippen LogP contribution in [0.3, 0.4) is 0 Å². The van der Waals surface area contributed by atoms with Gasteiger partial charge in [-0.3, -0.25) is 11.3 Å². The molecule has 0 radical (unpaired) electrons. The van der Waals surface area contributed by atoms with Gasteiger partial charge in [0, 0.05) is 16.1 Å². The molecule has 0 aromatic heterocycles. The van der Waals surface area contributed by atoms with Crippen LogP contribution in [0.15, 0.2) is 18.2 Å². The summed E-state index contributed by atoms with van der Waals surface area (Å²) < 4.78 is 0. The van der Waals surface area contributed by atoms with E-state index in [1.54, 1.807) is 0 Å². The van der Waals surface area contributed by atoms with Gasteiger partial charge in [-0.2, -0.15) is 0 Å². The third kappa shape index (κ3) is 4.64. The average molecular weight is 301 g/mol. The molecule has 106 valence electrons. The minimum absolute atomic E-state index is 0.277. The van der Waals surface area contributed by atoms with Crippen LogP contribution in [0.2, 0.25) is 10.0 Å². The minimum atomic E-state index is 0.277. The van der Waals surface area contributed by atoms with Crippen LogP contribution < -0.4 is 11.3 Å². The van der Waals surface area contributed by atoms with Gasteiger partial charge in [0.15, 0.2) is 0 Å². The van der Waals surface area contributed by atoms with Gasteiger partial charge in [-0.05, 0) is 42.5 Å². The lowest BCUT2D eigenvalue weighted by atomic mass is 9.84. The third-order valence-electron chi connectivity index (χ3n) is 4.05. The van der Waals surface area contributed by atoms with Gasteiger partial charge in [0.25, 0.3) is 0 Å². The van der Waals surface area contributed by atoms with Crippen LogP contribution in [0, 0.1) is 5.92 Å². The Hall–Kier alpha value is -0.280. The van der Waals surface area contributed by atoms with Gasteiger partial charge >= 0.3 is 0 Å². The van der Waals surface area contributed by atoms with Crippen LogP contribution in [0.5, 0.6) is 0 Å². The first kappa shape index (κ1) is 15.1. The zero-order valence-electron chi connectivity index (χ0n) is 11.2. The van der Waals surface area contributed by atoms with Gasteiger partial charge < -0.3 is 0 Å². The molecule has 1 aromatic rings. The highest BCUT2D eigenvalue weighted by Crippen LogP contribution is 2.29. The quantitative estimate of drug-likeness (QED) is 0.627. The lowest BCUT2D eigenvalue weighted by Crippen LogP contribution is -2.38. The Labute approximate surface area is 125 Å². The van der Waals surface area contributed by atoms with E-state index in [0.717, 1.165) is 34.4 Å². The van der Waals surface area contributed by atoms with Gasteiger partial charge in [0.1, 0.15) is 0 Å². The zero-order chi connectivity index (χ0) is 13.7. The highest BCUT2D eigenvalue weighted by Gasteiger charge is 2.19. The van der Waals surface area contributed by atoms with E-state index in [9.17, 15) is 0 Å². The van der Waals surface area contributed by atoms with Crippen molar-refractivity contribution in [3.05, 3.63) is 33.8 Å². The van der Waals surface area contributed by atoms with E-state index in [2.05, 4.69) is 5.43 Å². The van der Waals surface area contributed by atoms with Crippen molar-refractivity contribution in [3.8, 4) is 0 Å². The maximum atomic E-state index is 6.21. The molecule has 2 rings (SSSR count). The Morgan fingerprint density at radius 2 is 1.95 bits per heavy atom. The fourth-order valence-corrected chi connectivity index (χ4v) is 3.39. The summed E-state index contributed by atoms with van der Waals surface area (Å²) in [5.74, 6) is 6.50. The van der Waals surface area contributed by atoms with Crippen LogP contribution in [-0.4, -0.2) is 6.04 Å². The second-order valence-electron chi connectivity index (χ2n) is 5.54. The van der Waals surface area contributed by atoms with Crippen molar-refractivity contribution < 1.29 is 0 Å². The summed E-state index contributed by atoms with van der Waals surface area (Å²) in [6.45, 7) is 0. The average Bonchev–Trinajstić information content (AvgIpc) is 2.43. The first-order valence-corrected chi connectivity index (χ1v) is 7.84. The molecule has 1 fully saturated rings. The van der Waals surface area contributed by atoms with Crippen molar-refractivity contribution in [2.24, 2.45) is 11.8 Å². The van der Waals surface area contributed by atoms with Crippen LogP contribution in [0.1, 0.15) is 44.1 Å². The van der Waals surface area contributed by atoms with E-state index < -0.39 is 0 Å². The standard InChI is InChI=1S/C15H22Cl2N2/c16-13-6-7-15(17)12(9-13)10-14(19-18)8-11-4-2-1-3-5-11/h6-7,9,11,14,19H,1-5,8,10,18H2. The predicted octanol–water partition coefficient (Wildman–Crippen LogP) is 4.34. The topological polar surface area (TPSA) is 38.0 Å². The number of nitrogens with one attached hydrogen (secondary N) is 1.